The Balaban J connectivity index is 1.92. The van der Waals surface area contributed by atoms with Gasteiger partial charge in [0.15, 0.2) is 0 Å². The molecule has 2 heterocycles. The third kappa shape index (κ3) is 6.22. The van der Waals surface area contributed by atoms with Crippen LogP contribution in [0.1, 0.15) is 62.0 Å². The number of benzene rings is 2. The fraction of sp³-hybridized carbons (Fsp3) is 0.323. The molecule has 0 radical (unpaired) electrons. The van der Waals surface area contributed by atoms with Crippen LogP contribution in [0.15, 0.2) is 59.0 Å². The van der Waals surface area contributed by atoms with Crippen LogP contribution in [0.2, 0.25) is 0 Å². The van der Waals surface area contributed by atoms with Gasteiger partial charge in [-0.1, -0.05) is 43.7 Å². The molecule has 0 bridgehead atoms. The summed E-state index contributed by atoms with van der Waals surface area (Å²) in [5, 5.41) is 13.1. The van der Waals surface area contributed by atoms with Crippen LogP contribution < -0.4 is 5.32 Å². The number of aromatic carboxylic acids is 1. The molecule has 0 aliphatic heterocycles. The van der Waals surface area contributed by atoms with E-state index in [1.807, 2.05) is 45.9 Å². The maximum atomic E-state index is 12.6. The minimum Gasteiger partial charge on any atom is -0.475 e. The number of amides is 1. The van der Waals surface area contributed by atoms with E-state index >= 15 is 0 Å². The van der Waals surface area contributed by atoms with E-state index in [4.69, 9.17) is 14.1 Å². The van der Waals surface area contributed by atoms with E-state index in [-0.39, 0.29) is 12.3 Å². The summed E-state index contributed by atoms with van der Waals surface area (Å²) in [6.07, 6.45) is 0.246. The molecule has 0 aliphatic carbocycles. The van der Waals surface area contributed by atoms with Crippen molar-refractivity contribution in [2.45, 2.75) is 60.1 Å². The van der Waals surface area contributed by atoms with Crippen molar-refractivity contribution >= 4 is 23.0 Å². The Morgan fingerprint density at radius 2 is 1.71 bits per heavy atom. The summed E-state index contributed by atoms with van der Waals surface area (Å²) >= 11 is 0. The van der Waals surface area contributed by atoms with Gasteiger partial charge in [-0.25, -0.2) is 9.59 Å². The van der Waals surface area contributed by atoms with Gasteiger partial charge in [-0.05, 0) is 81.5 Å². The fourth-order valence-electron chi connectivity index (χ4n) is 4.39. The van der Waals surface area contributed by atoms with Gasteiger partial charge in [0, 0.05) is 28.8 Å². The zero-order valence-electron chi connectivity index (χ0n) is 22.7. The van der Waals surface area contributed by atoms with E-state index < -0.39 is 17.7 Å². The van der Waals surface area contributed by atoms with Crippen molar-refractivity contribution in [2.75, 3.05) is 0 Å². The lowest BCUT2D eigenvalue weighted by Crippen LogP contribution is -2.32. The van der Waals surface area contributed by atoms with Crippen LogP contribution in [0.5, 0.6) is 0 Å². The smallest absolute Gasteiger partial charge is 0.407 e. The lowest BCUT2D eigenvalue weighted by Gasteiger charge is -2.22. The van der Waals surface area contributed by atoms with Crippen LogP contribution in [-0.2, 0) is 17.7 Å². The topological polar surface area (TPSA) is 102 Å². The Labute approximate surface area is 222 Å². The largest absolute Gasteiger partial charge is 0.475 e. The van der Waals surface area contributed by atoms with Gasteiger partial charge in [-0.3, -0.25) is 4.98 Å². The van der Waals surface area contributed by atoms with Gasteiger partial charge in [0.1, 0.15) is 11.4 Å². The Hall–Kier alpha value is -4.13. The number of nitrogens with zero attached hydrogens (tertiary/aromatic N) is 1. The van der Waals surface area contributed by atoms with Gasteiger partial charge in [-0.15, -0.1) is 0 Å². The summed E-state index contributed by atoms with van der Waals surface area (Å²) < 4.78 is 11.1. The standard InChI is InChI=1S/C31H34N2O5/c1-18(2)15-25-23(17-32-30(36)38-31(4,5)6)28(20-9-7-19(3)8-10-20)22-16-21(11-12-24(22)33-25)26-13-14-27(37-26)29(34)35/h7-14,16,18H,15,17H2,1-6H3,(H,32,36)(H,34,35). The number of nitrogens with one attached hydrogen (secondary N) is 1. The normalized spacial score (nSPS) is 11.7. The van der Waals surface area contributed by atoms with Crippen LogP contribution in [0, 0.1) is 12.8 Å². The summed E-state index contributed by atoms with van der Waals surface area (Å²) in [5.41, 5.74) is 5.88. The average Bonchev–Trinajstić information content (AvgIpc) is 3.32. The monoisotopic (exact) mass is 514 g/mol. The number of hydrogen-bond donors (Lipinski definition) is 2. The van der Waals surface area contributed by atoms with E-state index in [0.29, 0.717) is 11.7 Å². The number of rotatable bonds is 7. The van der Waals surface area contributed by atoms with Crippen molar-refractivity contribution in [3.63, 3.8) is 0 Å². The van der Waals surface area contributed by atoms with E-state index in [1.54, 1.807) is 6.07 Å². The highest BCUT2D eigenvalue weighted by Gasteiger charge is 2.21. The second-order valence-corrected chi connectivity index (χ2v) is 10.9. The number of carbonyl (C=O) groups is 2. The number of aromatic nitrogens is 1. The molecule has 2 aromatic carbocycles. The number of fused-ring (bicyclic) bond motifs is 1. The molecular formula is C31H34N2O5. The van der Waals surface area contributed by atoms with E-state index in [9.17, 15) is 14.7 Å². The number of pyridine rings is 1. The molecule has 2 aromatic heterocycles. The summed E-state index contributed by atoms with van der Waals surface area (Å²) in [5.74, 6) is -0.429. The lowest BCUT2D eigenvalue weighted by atomic mass is 9.90. The number of alkyl carbamates (subject to hydrolysis) is 1. The molecule has 7 nitrogen and oxygen atoms in total. The molecule has 0 unspecified atom stereocenters. The summed E-state index contributed by atoms with van der Waals surface area (Å²) in [4.78, 5) is 29.0. The summed E-state index contributed by atoms with van der Waals surface area (Å²) in [6, 6.07) is 17.2. The van der Waals surface area contributed by atoms with Crippen LogP contribution in [0.4, 0.5) is 4.79 Å². The Morgan fingerprint density at radius 3 is 2.32 bits per heavy atom. The first-order chi connectivity index (χ1) is 17.9. The number of aryl methyl sites for hydroxylation is 1. The van der Waals surface area contributed by atoms with Crippen molar-refractivity contribution in [3.05, 3.63) is 77.2 Å². The Bertz CT molecular complexity index is 1480. The third-order valence-corrected chi connectivity index (χ3v) is 6.02. The van der Waals surface area contributed by atoms with Crippen molar-refractivity contribution in [2.24, 2.45) is 5.92 Å². The van der Waals surface area contributed by atoms with Gasteiger partial charge in [-0.2, -0.15) is 0 Å². The highest BCUT2D eigenvalue weighted by Crippen LogP contribution is 2.37. The van der Waals surface area contributed by atoms with Crippen molar-refractivity contribution in [1.82, 2.24) is 10.3 Å². The summed E-state index contributed by atoms with van der Waals surface area (Å²) in [7, 11) is 0. The first kappa shape index (κ1) is 26.9. The molecule has 2 N–H and O–H groups in total. The molecule has 7 heteroatoms. The second kappa shape index (κ2) is 10.7. The van der Waals surface area contributed by atoms with Crippen molar-refractivity contribution in [3.8, 4) is 22.5 Å². The Kier molecular flexibility index (Phi) is 7.58. The van der Waals surface area contributed by atoms with Crippen LogP contribution in [0.25, 0.3) is 33.4 Å². The number of ether oxygens (including phenoxy) is 1. The maximum absolute atomic E-state index is 12.6. The van der Waals surface area contributed by atoms with Gasteiger partial charge in [0.05, 0.1) is 5.52 Å². The third-order valence-electron chi connectivity index (χ3n) is 6.02. The molecule has 0 saturated carbocycles. The van der Waals surface area contributed by atoms with Crippen LogP contribution in [0.3, 0.4) is 0 Å². The highest BCUT2D eigenvalue weighted by molar-refractivity contribution is 5.99. The maximum Gasteiger partial charge on any atom is 0.407 e. The number of hydrogen-bond acceptors (Lipinski definition) is 5. The molecule has 198 valence electrons. The second-order valence-electron chi connectivity index (χ2n) is 10.9. The number of furan rings is 1. The number of carboxylic acids is 1. The van der Waals surface area contributed by atoms with E-state index in [0.717, 1.165) is 50.8 Å². The molecule has 0 fully saturated rings. The molecule has 1 amide bonds. The van der Waals surface area contributed by atoms with Gasteiger partial charge in [0.2, 0.25) is 5.76 Å². The minimum atomic E-state index is -1.12. The molecule has 4 aromatic rings. The molecule has 0 saturated heterocycles. The number of carbonyl (C=O) groups excluding carboxylic acids is 1. The predicted octanol–water partition coefficient (Wildman–Crippen LogP) is 7.39. The molecule has 38 heavy (non-hydrogen) atoms. The van der Waals surface area contributed by atoms with Gasteiger partial charge in [0.25, 0.3) is 0 Å². The minimum absolute atomic E-state index is 0.119. The zero-order chi connectivity index (χ0) is 27.6. The van der Waals surface area contributed by atoms with Crippen LogP contribution in [-0.4, -0.2) is 27.8 Å². The first-order valence-electron chi connectivity index (χ1n) is 12.7. The molecule has 0 atom stereocenters. The summed E-state index contributed by atoms with van der Waals surface area (Å²) in [6.45, 7) is 12.1. The van der Waals surface area contributed by atoms with Gasteiger partial charge < -0.3 is 19.6 Å². The highest BCUT2D eigenvalue weighted by atomic mass is 16.6. The predicted molar refractivity (Wildman–Crippen MR) is 148 cm³/mol. The van der Waals surface area contributed by atoms with E-state index in [2.05, 4.69) is 43.4 Å². The zero-order valence-corrected chi connectivity index (χ0v) is 22.7. The number of carboxylic acid groups (broad SMARTS) is 1. The van der Waals surface area contributed by atoms with Crippen LogP contribution >= 0.6 is 0 Å². The molecule has 4 rings (SSSR count). The van der Waals surface area contributed by atoms with Crippen molar-refractivity contribution in [1.29, 1.82) is 0 Å². The van der Waals surface area contributed by atoms with Gasteiger partial charge >= 0.3 is 12.1 Å². The van der Waals surface area contributed by atoms with Crippen molar-refractivity contribution < 1.29 is 23.8 Å². The molecule has 0 aliphatic rings. The lowest BCUT2D eigenvalue weighted by molar-refractivity contribution is 0.0522. The van der Waals surface area contributed by atoms with E-state index in [1.165, 1.54) is 6.07 Å². The SMILES string of the molecule is Cc1ccc(-c2c(CNC(=O)OC(C)(C)C)c(CC(C)C)nc3ccc(-c4ccc(C(=O)O)o4)cc23)cc1. The first-order valence-corrected chi connectivity index (χ1v) is 12.7. The Morgan fingerprint density at radius 1 is 1.03 bits per heavy atom. The molecule has 0 spiro atoms. The average molecular weight is 515 g/mol. The quantitative estimate of drug-likeness (QED) is 0.267. The molecular weight excluding hydrogens is 480 g/mol. The fourth-order valence-corrected chi connectivity index (χ4v) is 4.39.